The molecular formula is C32H47FN4O5. The van der Waals surface area contributed by atoms with Crippen LogP contribution in [0.2, 0.25) is 0 Å². The Balaban J connectivity index is 1.91. The van der Waals surface area contributed by atoms with Crippen molar-refractivity contribution in [2.75, 3.05) is 50.5 Å². The second-order valence-corrected chi connectivity index (χ2v) is 11.4. The number of likely N-dealkylation sites (N-methyl/N-ethyl adjacent to an activating group) is 1. The predicted octanol–water partition coefficient (Wildman–Crippen LogP) is 5.61. The molecule has 0 fully saturated rings. The van der Waals surface area contributed by atoms with Crippen molar-refractivity contribution in [3.8, 4) is 5.75 Å². The van der Waals surface area contributed by atoms with E-state index in [9.17, 15) is 19.1 Å². The molecule has 0 saturated carbocycles. The number of carbonyl (C=O) groups is 2. The molecule has 42 heavy (non-hydrogen) atoms. The van der Waals surface area contributed by atoms with Crippen molar-refractivity contribution in [3.63, 3.8) is 0 Å². The number of nitrogens with zero attached hydrogens (tertiary/aromatic N) is 2. The summed E-state index contributed by atoms with van der Waals surface area (Å²) in [7, 11) is 2.08. The van der Waals surface area contributed by atoms with Gasteiger partial charge in [0.05, 0.1) is 30.4 Å². The molecule has 2 aromatic carbocycles. The summed E-state index contributed by atoms with van der Waals surface area (Å²) in [5, 5.41) is 15.5. The van der Waals surface area contributed by atoms with Crippen LogP contribution in [0.3, 0.4) is 0 Å². The third-order valence-corrected chi connectivity index (χ3v) is 7.51. The molecule has 10 heteroatoms. The molecule has 1 aliphatic heterocycles. The maximum Gasteiger partial charge on any atom is 0.323 e. The highest BCUT2D eigenvalue weighted by molar-refractivity contribution is 6.02. The molecule has 0 saturated heterocycles. The normalized spacial score (nSPS) is 21.2. The first-order chi connectivity index (χ1) is 20.1. The third-order valence-electron chi connectivity index (χ3n) is 7.51. The second kappa shape index (κ2) is 16.4. The number of halogens is 1. The highest BCUT2D eigenvalue weighted by Gasteiger charge is 2.30. The molecule has 3 N–H and O–H groups in total. The SMILES string of the molecule is CCCN(C)C[C@H]1OCCCC[C@H](C)Oc2ccc(NC(=O)Nc3ccc(F)cc3)cc2C(=O)N([C@@H](C)CO)C[C@H]1C. The standard InChI is InChI=1S/C32H47FN4O5/c1-6-16-36(5)20-30-22(2)19-37(23(3)21-38)31(39)28-18-27(35-32(40)34-26-12-10-25(33)11-13-26)14-15-29(28)42-24(4)9-7-8-17-41-30/h10-15,18,22-24,30,38H,6-9,16-17,19-21H2,1-5H3,(H2,34,35,40)/t22-,23+,24+,30-/m1/s1. The molecule has 0 bridgehead atoms. The Bertz CT molecular complexity index is 1150. The summed E-state index contributed by atoms with van der Waals surface area (Å²) >= 11 is 0. The molecule has 0 aliphatic carbocycles. The number of fused-ring (bicyclic) bond motifs is 1. The minimum atomic E-state index is -0.533. The van der Waals surface area contributed by atoms with Gasteiger partial charge in [-0.2, -0.15) is 0 Å². The Morgan fingerprint density at radius 2 is 1.83 bits per heavy atom. The number of benzene rings is 2. The van der Waals surface area contributed by atoms with Crippen molar-refractivity contribution in [1.29, 1.82) is 0 Å². The number of hydrogen-bond donors (Lipinski definition) is 3. The Kier molecular flexibility index (Phi) is 13.0. The van der Waals surface area contributed by atoms with Gasteiger partial charge in [-0.3, -0.25) is 4.79 Å². The van der Waals surface area contributed by atoms with E-state index in [1.54, 1.807) is 23.1 Å². The molecule has 2 aromatic rings. The molecule has 0 spiro atoms. The van der Waals surface area contributed by atoms with Crippen LogP contribution in [0.15, 0.2) is 42.5 Å². The number of ether oxygens (including phenoxy) is 2. The van der Waals surface area contributed by atoms with E-state index in [4.69, 9.17) is 9.47 Å². The summed E-state index contributed by atoms with van der Waals surface area (Å²) < 4.78 is 25.9. The molecule has 3 amide bonds. The van der Waals surface area contributed by atoms with Gasteiger partial charge in [0.1, 0.15) is 11.6 Å². The molecular weight excluding hydrogens is 539 g/mol. The van der Waals surface area contributed by atoms with Gasteiger partial charge in [-0.1, -0.05) is 13.8 Å². The Hall–Kier alpha value is -3.21. The molecule has 1 heterocycles. The number of nitrogens with one attached hydrogen (secondary N) is 2. The third kappa shape index (κ3) is 9.96. The van der Waals surface area contributed by atoms with Crippen LogP contribution < -0.4 is 15.4 Å². The first-order valence-corrected chi connectivity index (χ1v) is 15.0. The Morgan fingerprint density at radius 1 is 1.14 bits per heavy atom. The molecule has 0 radical (unpaired) electrons. The zero-order valence-electron chi connectivity index (χ0n) is 25.6. The van der Waals surface area contributed by atoms with Crippen LogP contribution in [0, 0.1) is 11.7 Å². The van der Waals surface area contributed by atoms with E-state index in [0.29, 0.717) is 35.8 Å². The van der Waals surface area contributed by atoms with Crippen molar-refractivity contribution < 1.29 is 28.6 Å². The van der Waals surface area contributed by atoms with Gasteiger partial charge in [0, 0.05) is 37.0 Å². The fourth-order valence-corrected chi connectivity index (χ4v) is 5.07. The number of aliphatic hydroxyl groups is 1. The zero-order chi connectivity index (χ0) is 30.6. The van der Waals surface area contributed by atoms with Crippen LogP contribution in [-0.2, 0) is 4.74 Å². The van der Waals surface area contributed by atoms with E-state index in [1.165, 1.54) is 24.3 Å². The lowest BCUT2D eigenvalue weighted by atomic mass is 10.0. The van der Waals surface area contributed by atoms with Gasteiger partial charge in [0.15, 0.2) is 0 Å². The van der Waals surface area contributed by atoms with E-state index in [-0.39, 0.29) is 30.6 Å². The van der Waals surface area contributed by atoms with Crippen LogP contribution >= 0.6 is 0 Å². The lowest BCUT2D eigenvalue weighted by molar-refractivity contribution is -0.0167. The van der Waals surface area contributed by atoms with E-state index in [1.807, 2.05) is 13.8 Å². The Morgan fingerprint density at radius 3 is 2.52 bits per heavy atom. The summed E-state index contributed by atoms with van der Waals surface area (Å²) in [6.07, 6.45) is 3.44. The largest absolute Gasteiger partial charge is 0.490 e. The number of urea groups is 1. The monoisotopic (exact) mass is 586 g/mol. The lowest BCUT2D eigenvalue weighted by Gasteiger charge is -2.35. The van der Waals surface area contributed by atoms with Crippen LogP contribution in [0.5, 0.6) is 5.75 Å². The van der Waals surface area contributed by atoms with Gasteiger partial charge >= 0.3 is 6.03 Å². The van der Waals surface area contributed by atoms with Gasteiger partial charge < -0.3 is 35.0 Å². The quantitative estimate of drug-likeness (QED) is 0.372. The van der Waals surface area contributed by atoms with E-state index in [2.05, 4.69) is 36.4 Å². The number of aliphatic hydroxyl groups excluding tert-OH is 1. The molecule has 1 aliphatic rings. The van der Waals surface area contributed by atoms with E-state index in [0.717, 1.165) is 38.8 Å². The second-order valence-electron chi connectivity index (χ2n) is 11.4. The van der Waals surface area contributed by atoms with Gasteiger partial charge in [-0.25, -0.2) is 9.18 Å². The van der Waals surface area contributed by atoms with Crippen LogP contribution in [0.1, 0.15) is 63.7 Å². The number of carbonyl (C=O) groups excluding carboxylic acids is 2. The number of amides is 3. The summed E-state index contributed by atoms with van der Waals surface area (Å²) in [5.41, 5.74) is 1.12. The molecule has 232 valence electrons. The molecule has 0 aromatic heterocycles. The van der Waals surface area contributed by atoms with Crippen LogP contribution in [-0.4, -0.2) is 85.0 Å². The molecule has 3 rings (SSSR count). The van der Waals surface area contributed by atoms with Gasteiger partial charge in [0.25, 0.3) is 5.91 Å². The minimum absolute atomic E-state index is 0.00344. The Labute approximate surface area is 249 Å². The van der Waals surface area contributed by atoms with Crippen LogP contribution in [0.25, 0.3) is 0 Å². The van der Waals surface area contributed by atoms with Crippen molar-refractivity contribution in [2.45, 2.75) is 71.6 Å². The molecule has 0 unspecified atom stereocenters. The highest BCUT2D eigenvalue weighted by atomic mass is 19.1. The van der Waals surface area contributed by atoms with Crippen molar-refractivity contribution in [1.82, 2.24) is 9.80 Å². The van der Waals surface area contributed by atoms with Gasteiger partial charge in [-0.15, -0.1) is 0 Å². The maximum atomic E-state index is 14.2. The maximum absolute atomic E-state index is 14.2. The van der Waals surface area contributed by atoms with E-state index < -0.39 is 17.9 Å². The summed E-state index contributed by atoms with van der Waals surface area (Å²) in [6, 6.07) is 9.43. The average Bonchev–Trinajstić information content (AvgIpc) is 2.96. The van der Waals surface area contributed by atoms with Crippen molar-refractivity contribution in [2.24, 2.45) is 5.92 Å². The van der Waals surface area contributed by atoms with Crippen molar-refractivity contribution in [3.05, 3.63) is 53.8 Å². The number of rotatable bonds is 8. The number of anilines is 2. The first-order valence-electron chi connectivity index (χ1n) is 15.0. The highest BCUT2D eigenvalue weighted by Crippen LogP contribution is 2.28. The number of hydrogen-bond acceptors (Lipinski definition) is 6. The average molecular weight is 587 g/mol. The first kappa shape index (κ1) is 33.3. The van der Waals surface area contributed by atoms with Gasteiger partial charge in [-0.05, 0) is 95.6 Å². The molecule has 9 nitrogen and oxygen atoms in total. The lowest BCUT2D eigenvalue weighted by Crippen LogP contribution is -2.47. The van der Waals surface area contributed by atoms with Gasteiger partial charge in [0.2, 0.25) is 0 Å². The summed E-state index contributed by atoms with van der Waals surface area (Å²) in [6.45, 7) is 10.5. The molecule has 4 atom stereocenters. The topological polar surface area (TPSA) is 103 Å². The fourth-order valence-electron chi connectivity index (χ4n) is 5.07. The summed E-state index contributed by atoms with van der Waals surface area (Å²) in [5.74, 6) is -0.281. The summed E-state index contributed by atoms with van der Waals surface area (Å²) in [4.78, 5) is 30.8. The smallest absolute Gasteiger partial charge is 0.323 e. The van der Waals surface area contributed by atoms with Crippen LogP contribution in [0.4, 0.5) is 20.6 Å². The fraction of sp³-hybridized carbons (Fsp3) is 0.562. The van der Waals surface area contributed by atoms with E-state index >= 15 is 0 Å². The predicted molar refractivity (Wildman–Crippen MR) is 164 cm³/mol. The van der Waals surface area contributed by atoms with Crippen molar-refractivity contribution >= 4 is 23.3 Å². The zero-order valence-corrected chi connectivity index (χ0v) is 25.6. The minimum Gasteiger partial charge on any atom is -0.490 e.